The van der Waals surface area contributed by atoms with Crippen molar-refractivity contribution in [1.29, 1.82) is 0 Å². The van der Waals surface area contributed by atoms with E-state index in [1.165, 1.54) is 98.1 Å². The van der Waals surface area contributed by atoms with E-state index in [9.17, 15) is 0 Å². The molecule has 73 heavy (non-hydrogen) atoms. The van der Waals surface area contributed by atoms with E-state index in [0.717, 1.165) is 47.0 Å². The lowest BCUT2D eigenvalue weighted by atomic mass is 9.42. The Morgan fingerprint density at radius 3 is 1.78 bits per heavy atom. The van der Waals surface area contributed by atoms with Crippen LogP contribution in [-0.2, 0) is 16.2 Å². The van der Waals surface area contributed by atoms with E-state index in [4.69, 9.17) is 9.72 Å². The predicted octanol–water partition coefficient (Wildman–Crippen LogP) is 16.6. The van der Waals surface area contributed by atoms with Gasteiger partial charge in [-0.3, -0.25) is 4.57 Å². The van der Waals surface area contributed by atoms with Gasteiger partial charge in [0.25, 0.3) is 0 Å². The molecular weight excluding hydrogens is 921 g/mol. The van der Waals surface area contributed by atoms with Crippen LogP contribution in [0.3, 0.4) is 0 Å². The van der Waals surface area contributed by atoms with Gasteiger partial charge in [0.15, 0.2) is 0 Å². The molecule has 0 unspecified atom stereocenters. The van der Waals surface area contributed by atoms with Gasteiger partial charge in [0.05, 0.1) is 38.6 Å². The maximum absolute atomic E-state index is 7.21. The standard InChI is InChI=1S/C66H76N4OSi2/c1-64(2,3)46-25-28-56-55(38-46)54-27-26-52(41-59(54)70(56)62-39-47(29-30-67-62)66(45-19-14-13-15-20-45)49-32-43-31-44(34-49)35-50(66)33-43)71-53-37-48(65(4,5)6)36-51(40-53)68-42-69(58-22-17-16-21-57(58)68)63-60(72(7,8)9)23-18-24-61(63)73(10,11)12/h13-30,36-41,43-44,49-50H,31-35,42H2,1-12H3. The number of benzene rings is 6. The van der Waals surface area contributed by atoms with E-state index in [0.29, 0.717) is 11.8 Å². The minimum absolute atomic E-state index is 0.00233. The van der Waals surface area contributed by atoms with Crippen molar-refractivity contribution in [2.45, 2.75) is 129 Å². The second-order valence-electron chi connectivity index (χ2n) is 26.7. The second kappa shape index (κ2) is 17.1. The Kier molecular flexibility index (Phi) is 11.2. The van der Waals surface area contributed by atoms with Gasteiger partial charge in [0.1, 0.15) is 24.0 Å². The van der Waals surface area contributed by atoms with E-state index >= 15 is 0 Å². The zero-order valence-corrected chi connectivity index (χ0v) is 47.6. The Hall–Kier alpha value is -5.90. The van der Waals surface area contributed by atoms with Crippen molar-refractivity contribution >= 4 is 71.1 Å². The molecule has 2 aromatic heterocycles. The summed E-state index contributed by atoms with van der Waals surface area (Å²) in [6.07, 6.45) is 8.86. The lowest BCUT2D eigenvalue weighted by Gasteiger charge is -2.62. The molecule has 7 heteroatoms. The lowest BCUT2D eigenvalue weighted by molar-refractivity contribution is -0.0418. The van der Waals surface area contributed by atoms with Crippen LogP contribution in [0, 0.1) is 23.7 Å². The van der Waals surface area contributed by atoms with E-state index < -0.39 is 16.1 Å². The molecule has 8 aromatic rings. The minimum atomic E-state index is -1.73. The summed E-state index contributed by atoms with van der Waals surface area (Å²) < 4.78 is 9.64. The van der Waals surface area contributed by atoms with Gasteiger partial charge < -0.3 is 14.5 Å². The van der Waals surface area contributed by atoms with Crippen LogP contribution in [0.15, 0.2) is 146 Å². The van der Waals surface area contributed by atoms with Crippen LogP contribution in [0.25, 0.3) is 27.6 Å². The molecule has 0 amide bonds. The first kappa shape index (κ1) is 48.1. The zero-order chi connectivity index (χ0) is 51.0. The Morgan fingerprint density at radius 2 is 1.15 bits per heavy atom. The molecule has 5 nitrogen and oxygen atoms in total. The molecule has 13 rings (SSSR count). The van der Waals surface area contributed by atoms with E-state index in [1.807, 2.05) is 0 Å². The summed E-state index contributed by atoms with van der Waals surface area (Å²) in [4.78, 5) is 10.4. The number of aromatic nitrogens is 2. The predicted molar refractivity (Wildman–Crippen MR) is 315 cm³/mol. The molecule has 0 N–H and O–H groups in total. The summed E-state index contributed by atoms with van der Waals surface area (Å²) >= 11 is 0. The number of pyridine rings is 1. The monoisotopic (exact) mass is 997 g/mol. The third-order valence-corrected chi connectivity index (χ3v) is 21.7. The maximum Gasteiger partial charge on any atom is 0.137 e. The van der Waals surface area contributed by atoms with Crippen molar-refractivity contribution in [3.05, 3.63) is 168 Å². The highest BCUT2D eigenvalue weighted by Crippen LogP contribution is 2.65. The Balaban J connectivity index is 0.983. The van der Waals surface area contributed by atoms with Gasteiger partial charge in [-0.25, -0.2) is 4.98 Å². The number of hydrogen-bond acceptors (Lipinski definition) is 4. The number of fused-ring (bicyclic) bond motifs is 4. The topological polar surface area (TPSA) is 33.5 Å². The van der Waals surface area contributed by atoms with Crippen molar-refractivity contribution in [3.8, 4) is 17.3 Å². The van der Waals surface area contributed by atoms with Crippen LogP contribution in [0.4, 0.5) is 22.7 Å². The van der Waals surface area contributed by atoms with Gasteiger partial charge in [0, 0.05) is 45.9 Å². The van der Waals surface area contributed by atoms with Crippen LogP contribution in [0.5, 0.6) is 11.5 Å². The van der Waals surface area contributed by atoms with E-state index in [-0.39, 0.29) is 16.2 Å². The van der Waals surface area contributed by atoms with Gasteiger partial charge in [-0.15, -0.1) is 0 Å². The van der Waals surface area contributed by atoms with Crippen LogP contribution in [-0.4, -0.2) is 32.4 Å². The summed E-state index contributed by atoms with van der Waals surface area (Å²) in [5.74, 6) is 5.66. The van der Waals surface area contributed by atoms with Crippen LogP contribution in [0.2, 0.25) is 39.3 Å². The fraction of sp³-hybridized carbons (Fsp3) is 0.379. The van der Waals surface area contributed by atoms with Gasteiger partial charge in [0.2, 0.25) is 0 Å². The second-order valence-corrected chi connectivity index (χ2v) is 36.8. The number of nitrogens with zero attached hydrogens (tertiary/aromatic N) is 4. The van der Waals surface area contributed by atoms with Crippen LogP contribution < -0.4 is 24.9 Å². The molecule has 5 aliphatic rings. The van der Waals surface area contributed by atoms with E-state index in [1.54, 1.807) is 0 Å². The quantitative estimate of drug-likeness (QED) is 0.135. The summed E-state index contributed by atoms with van der Waals surface area (Å²) in [7, 11) is -3.46. The highest BCUT2D eigenvalue weighted by molar-refractivity contribution is 6.93. The first-order chi connectivity index (χ1) is 34.7. The third-order valence-electron chi connectivity index (χ3n) is 17.7. The third kappa shape index (κ3) is 8.10. The van der Waals surface area contributed by atoms with Gasteiger partial charge in [-0.2, -0.15) is 0 Å². The molecule has 1 aliphatic heterocycles. The zero-order valence-electron chi connectivity index (χ0n) is 45.6. The van der Waals surface area contributed by atoms with Crippen molar-refractivity contribution in [3.63, 3.8) is 0 Å². The molecule has 4 fully saturated rings. The highest BCUT2D eigenvalue weighted by Gasteiger charge is 2.58. The molecule has 0 atom stereocenters. The largest absolute Gasteiger partial charge is 0.457 e. The summed E-state index contributed by atoms with van der Waals surface area (Å²) in [5, 5.41) is 5.52. The molecule has 4 bridgehead atoms. The first-order valence-corrected chi connectivity index (χ1v) is 34.4. The van der Waals surface area contributed by atoms with Crippen molar-refractivity contribution in [2.75, 3.05) is 16.5 Å². The Bertz CT molecular complexity index is 3370. The molecule has 0 saturated heterocycles. The van der Waals surface area contributed by atoms with Gasteiger partial charge >= 0.3 is 0 Å². The number of hydrogen-bond donors (Lipinski definition) is 0. The molecule has 3 heterocycles. The normalized spacial score (nSPS) is 21.9. The van der Waals surface area contributed by atoms with Gasteiger partial charge in [-0.05, 0) is 160 Å². The number of anilines is 4. The number of para-hydroxylation sites is 3. The summed E-state index contributed by atoms with van der Waals surface area (Å²) in [6.45, 7) is 29.6. The fourth-order valence-corrected chi connectivity index (χ4v) is 17.6. The van der Waals surface area contributed by atoms with E-state index in [2.05, 4.69) is 241 Å². The van der Waals surface area contributed by atoms with Crippen molar-refractivity contribution in [2.24, 2.45) is 23.7 Å². The summed E-state index contributed by atoms with van der Waals surface area (Å²) in [6, 6.07) is 53.4. The Morgan fingerprint density at radius 1 is 0.521 bits per heavy atom. The average molecular weight is 998 g/mol. The molecule has 0 spiro atoms. The first-order valence-electron chi connectivity index (χ1n) is 27.4. The molecule has 4 saturated carbocycles. The maximum atomic E-state index is 7.21. The van der Waals surface area contributed by atoms with Gasteiger partial charge in [-0.1, -0.05) is 148 Å². The Labute approximate surface area is 437 Å². The smallest absolute Gasteiger partial charge is 0.137 e. The number of rotatable bonds is 9. The fourth-order valence-electron chi connectivity index (χ4n) is 14.4. The summed E-state index contributed by atoms with van der Waals surface area (Å²) in [5.41, 5.74) is 12.7. The lowest BCUT2D eigenvalue weighted by Crippen LogP contribution is -2.56. The minimum Gasteiger partial charge on any atom is -0.457 e. The molecule has 0 radical (unpaired) electrons. The number of ether oxygens (including phenoxy) is 1. The molecule has 6 aromatic carbocycles. The average Bonchev–Trinajstić information content (AvgIpc) is 3.88. The van der Waals surface area contributed by atoms with Crippen LogP contribution in [0.1, 0.15) is 95.9 Å². The van der Waals surface area contributed by atoms with Crippen molar-refractivity contribution in [1.82, 2.24) is 9.55 Å². The van der Waals surface area contributed by atoms with Crippen LogP contribution >= 0.6 is 0 Å². The molecular formula is C66H76N4OSi2. The van der Waals surface area contributed by atoms with Crippen molar-refractivity contribution < 1.29 is 4.74 Å². The molecule has 374 valence electrons. The molecule has 4 aliphatic carbocycles. The highest BCUT2D eigenvalue weighted by atomic mass is 28.3. The SMILES string of the molecule is CC(C)(C)c1cc(Oc2ccc3c4cc(C(C)(C)C)ccc4n(-c4cc(C5(c6ccccc6)C6CC7CC(C6)CC5C7)ccn4)c3c2)cc(N2CN(c3c([Si](C)(C)C)cccc3[Si](C)(C)C)c3ccccc32)c1.